The van der Waals surface area contributed by atoms with Crippen LogP contribution < -0.4 is 5.73 Å². The van der Waals surface area contributed by atoms with Crippen LogP contribution in [-0.2, 0) is 0 Å². The molecule has 0 atom stereocenters. The predicted molar refractivity (Wildman–Crippen MR) is 73.8 cm³/mol. The fourth-order valence-corrected chi connectivity index (χ4v) is 2.24. The second kappa shape index (κ2) is 4.15. The summed E-state index contributed by atoms with van der Waals surface area (Å²) in [6.45, 7) is 0. The van der Waals surface area contributed by atoms with Crippen molar-refractivity contribution >= 4 is 16.5 Å². The molecule has 0 aromatic heterocycles. The Balaban J connectivity index is 2.31. The molecule has 2 N–H and O–H groups in total. The Morgan fingerprint density at radius 2 is 1.61 bits per heavy atom. The Morgan fingerprint density at radius 1 is 0.833 bits per heavy atom. The van der Waals surface area contributed by atoms with Crippen LogP contribution in [0.3, 0.4) is 0 Å². The standard InChI is InChI=1S/C16H12FN/c17-13-8-12(9-14(18)10-13)16-7-3-5-11-4-1-2-6-15(11)16/h1-10H,18H2. The SMILES string of the molecule is Nc1cc(F)cc(-c2cccc3ccccc23)c1. The molecular formula is C16H12FN. The topological polar surface area (TPSA) is 26.0 Å². The Hall–Kier alpha value is -2.35. The minimum absolute atomic E-state index is 0.307. The summed E-state index contributed by atoms with van der Waals surface area (Å²) in [6.07, 6.45) is 0. The molecule has 0 spiro atoms. The van der Waals surface area contributed by atoms with Crippen molar-refractivity contribution < 1.29 is 4.39 Å². The summed E-state index contributed by atoms with van der Waals surface area (Å²) in [4.78, 5) is 0. The first-order chi connectivity index (χ1) is 8.74. The van der Waals surface area contributed by atoms with E-state index in [0.29, 0.717) is 5.69 Å². The summed E-state index contributed by atoms with van der Waals surface area (Å²) >= 11 is 0. The van der Waals surface area contributed by atoms with Gasteiger partial charge in [-0.25, -0.2) is 4.39 Å². The molecule has 3 rings (SSSR count). The maximum atomic E-state index is 13.4. The average molecular weight is 237 g/mol. The lowest BCUT2D eigenvalue weighted by Gasteiger charge is -2.08. The zero-order chi connectivity index (χ0) is 12.5. The summed E-state index contributed by atoms with van der Waals surface area (Å²) in [6, 6.07) is 18.7. The predicted octanol–water partition coefficient (Wildman–Crippen LogP) is 4.23. The van der Waals surface area contributed by atoms with Gasteiger partial charge in [-0.1, -0.05) is 42.5 Å². The molecule has 2 heteroatoms. The van der Waals surface area contributed by atoms with Gasteiger partial charge in [0, 0.05) is 5.69 Å². The van der Waals surface area contributed by atoms with Crippen molar-refractivity contribution in [3.8, 4) is 11.1 Å². The number of hydrogen-bond donors (Lipinski definition) is 1. The Kier molecular flexibility index (Phi) is 2.49. The monoisotopic (exact) mass is 237 g/mol. The molecule has 0 unspecified atom stereocenters. The van der Waals surface area contributed by atoms with E-state index in [1.807, 2.05) is 42.5 Å². The average Bonchev–Trinajstić information content (AvgIpc) is 2.37. The third kappa shape index (κ3) is 1.82. The number of fused-ring (bicyclic) bond motifs is 1. The van der Waals surface area contributed by atoms with E-state index in [9.17, 15) is 4.39 Å². The number of halogens is 1. The maximum Gasteiger partial charge on any atom is 0.125 e. The number of nitrogens with two attached hydrogens (primary N) is 1. The Morgan fingerprint density at radius 3 is 2.44 bits per heavy atom. The molecule has 0 radical (unpaired) electrons. The van der Waals surface area contributed by atoms with Crippen molar-refractivity contribution in [2.24, 2.45) is 0 Å². The quantitative estimate of drug-likeness (QED) is 0.630. The van der Waals surface area contributed by atoms with E-state index in [0.717, 1.165) is 21.9 Å². The van der Waals surface area contributed by atoms with Crippen LogP contribution in [0.2, 0.25) is 0 Å². The van der Waals surface area contributed by atoms with Gasteiger partial charge in [0.05, 0.1) is 0 Å². The Bertz CT molecular complexity index is 694. The summed E-state index contributed by atoms with van der Waals surface area (Å²) in [7, 11) is 0. The molecule has 3 aromatic carbocycles. The van der Waals surface area contributed by atoms with Crippen LogP contribution in [-0.4, -0.2) is 0 Å². The van der Waals surface area contributed by atoms with Crippen LogP contribution in [0.1, 0.15) is 0 Å². The van der Waals surface area contributed by atoms with Gasteiger partial charge in [-0.15, -0.1) is 0 Å². The van der Waals surface area contributed by atoms with E-state index in [-0.39, 0.29) is 5.82 Å². The lowest BCUT2D eigenvalue weighted by Crippen LogP contribution is -1.89. The molecule has 0 bridgehead atoms. The van der Waals surface area contributed by atoms with Crippen LogP contribution >= 0.6 is 0 Å². The smallest absolute Gasteiger partial charge is 0.125 e. The van der Waals surface area contributed by atoms with Crippen molar-refractivity contribution in [2.45, 2.75) is 0 Å². The molecule has 88 valence electrons. The van der Waals surface area contributed by atoms with E-state index in [2.05, 4.69) is 0 Å². The van der Waals surface area contributed by atoms with Crippen LogP contribution in [0.15, 0.2) is 60.7 Å². The van der Waals surface area contributed by atoms with Crippen LogP contribution in [0, 0.1) is 5.82 Å². The minimum Gasteiger partial charge on any atom is -0.399 e. The summed E-state index contributed by atoms with van der Waals surface area (Å²) < 4.78 is 13.4. The summed E-state index contributed by atoms with van der Waals surface area (Å²) in [5, 5.41) is 2.24. The lowest BCUT2D eigenvalue weighted by atomic mass is 9.98. The molecular weight excluding hydrogens is 225 g/mol. The van der Waals surface area contributed by atoms with Crippen molar-refractivity contribution in [1.82, 2.24) is 0 Å². The van der Waals surface area contributed by atoms with Gasteiger partial charge < -0.3 is 5.73 Å². The molecule has 0 heterocycles. The molecule has 0 amide bonds. The van der Waals surface area contributed by atoms with Gasteiger partial charge in [-0.3, -0.25) is 0 Å². The number of hydrogen-bond acceptors (Lipinski definition) is 1. The van der Waals surface area contributed by atoms with Crippen molar-refractivity contribution in [1.29, 1.82) is 0 Å². The van der Waals surface area contributed by atoms with Crippen molar-refractivity contribution in [3.05, 3.63) is 66.5 Å². The highest BCUT2D eigenvalue weighted by Gasteiger charge is 2.05. The minimum atomic E-state index is -0.307. The fourth-order valence-electron chi connectivity index (χ4n) is 2.24. The van der Waals surface area contributed by atoms with E-state index >= 15 is 0 Å². The second-order valence-electron chi connectivity index (χ2n) is 4.30. The van der Waals surface area contributed by atoms with Gasteiger partial charge in [-0.05, 0) is 40.1 Å². The van der Waals surface area contributed by atoms with Gasteiger partial charge in [0.25, 0.3) is 0 Å². The van der Waals surface area contributed by atoms with Crippen molar-refractivity contribution in [3.63, 3.8) is 0 Å². The van der Waals surface area contributed by atoms with Crippen LogP contribution in [0.5, 0.6) is 0 Å². The molecule has 0 aliphatic heterocycles. The third-order valence-corrected chi connectivity index (χ3v) is 3.02. The third-order valence-electron chi connectivity index (χ3n) is 3.02. The van der Waals surface area contributed by atoms with Gasteiger partial charge in [0.15, 0.2) is 0 Å². The van der Waals surface area contributed by atoms with E-state index in [1.54, 1.807) is 6.07 Å². The number of nitrogen functional groups attached to an aromatic ring is 1. The van der Waals surface area contributed by atoms with E-state index in [1.165, 1.54) is 12.1 Å². The largest absolute Gasteiger partial charge is 0.399 e. The zero-order valence-electron chi connectivity index (χ0n) is 9.73. The van der Waals surface area contributed by atoms with Crippen LogP contribution in [0.4, 0.5) is 10.1 Å². The van der Waals surface area contributed by atoms with Gasteiger partial charge >= 0.3 is 0 Å². The van der Waals surface area contributed by atoms with Gasteiger partial charge in [-0.2, -0.15) is 0 Å². The maximum absolute atomic E-state index is 13.4. The van der Waals surface area contributed by atoms with E-state index < -0.39 is 0 Å². The zero-order valence-corrected chi connectivity index (χ0v) is 9.73. The molecule has 18 heavy (non-hydrogen) atoms. The van der Waals surface area contributed by atoms with Crippen LogP contribution in [0.25, 0.3) is 21.9 Å². The molecule has 1 nitrogen and oxygen atoms in total. The molecule has 0 saturated heterocycles. The Labute approximate surface area is 105 Å². The number of benzene rings is 3. The highest BCUT2D eigenvalue weighted by Crippen LogP contribution is 2.30. The lowest BCUT2D eigenvalue weighted by molar-refractivity contribution is 0.629. The number of rotatable bonds is 1. The highest BCUT2D eigenvalue weighted by molar-refractivity contribution is 5.96. The highest BCUT2D eigenvalue weighted by atomic mass is 19.1. The normalized spacial score (nSPS) is 10.7. The second-order valence-corrected chi connectivity index (χ2v) is 4.30. The summed E-state index contributed by atoms with van der Waals surface area (Å²) in [5.74, 6) is -0.307. The van der Waals surface area contributed by atoms with Crippen molar-refractivity contribution in [2.75, 3.05) is 5.73 Å². The molecule has 0 saturated carbocycles. The first-order valence-electron chi connectivity index (χ1n) is 5.78. The van der Waals surface area contributed by atoms with Gasteiger partial charge in [0.1, 0.15) is 5.82 Å². The first-order valence-corrected chi connectivity index (χ1v) is 5.78. The molecule has 0 fully saturated rings. The van der Waals surface area contributed by atoms with Gasteiger partial charge in [0.2, 0.25) is 0 Å². The first kappa shape index (κ1) is 10.8. The molecule has 0 aliphatic carbocycles. The fraction of sp³-hybridized carbons (Fsp3) is 0. The molecule has 3 aromatic rings. The summed E-state index contributed by atoms with van der Waals surface area (Å²) in [5.41, 5.74) is 7.95. The number of anilines is 1. The van der Waals surface area contributed by atoms with E-state index in [4.69, 9.17) is 5.73 Å². The molecule has 0 aliphatic rings.